The summed E-state index contributed by atoms with van der Waals surface area (Å²) in [5, 5.41) is 45.1. The first-order valence-electron chi connectivity index (χ1n) is 6.49. The first-order chi connectivity index (χ1) is 12.1. The smallest absolute Gasteiger partial charge is 0.316 e. The second kappa shape index (κ2) is 19.0. The van der Waals surface area contributed by atoms with Crippen molar-refractivity contribution < 1.29 is 59.4 Å². The Bertz CT molecular complexity index is 480. The van der Waals surface area contributed by atoms with Crippen LogP contribution in [0.3, 0.4) is 0 Å². The molecule has 0 spiro atoms. The molecule has 12 nitrogen and oxygen atoms in total. The van der Waals surface area contributed by atoms with Gasteiger partial charge in [0.2, 0.25) is 0 Å². The van der Waals surface area contributed by atoms with Crippen LogP contribution in [-0.4, -0.2) is 107 Å². The fourth-order valence-electron chi connectivity index (χ4n) is 0.758. The van der Waals surface area contributed by atoms with E-state index in [-0.39, 0.29) is 24.4 Å². The maximum atomic E-state index is 9.90. The van der Waals surface area contributed by atoms with Crippen molar-refractivity contribution in [1.29, 1.82) is 0 Å². The molecule has 0 amide bonds. The van der Waals surface area contributed by atoms with E-state index in [2.05, 4.69) is 37.9 Å². The predicted molar refractivity (Wildman–Crippen MR) is 104 cm³/mol. The van der Waals surface area contributed by atoms with E-state index in [1.54, 1.807) is 0 Å². The summed E-state index contributed by atoms with van der Waals surface area (Å²) in [4.78, 5) is 59.1. The zero-order chi connectivity index (χ0) is 22.3. The zero-order valence-corrected chi connectivity index (χ0v) is 19.0. The second-order valence-corrected chi connectivity index (χ2v) is 6.23. The molecule has 0 aromatic heterocycles. The fraction of sp³-hybridized carbons (Fsp3) is 0.500. The Morgan fingerprint density at radius 3 is 0.679 bits per heavy atom. The normalized spacial score (nSPS) is 12.1. The van der Waals surface area contributed by atoms with Crippen molar-refractivity contribution in [2.75, 3.05) is 0 Å². The van der Waals surface area contributed by atoms with Crippen molar-refractivity contribution in [3.8, 4) is 0 Å². The van der Waals surface area contributed by atoms with Gasteiger partial charge in [0.25, 0.3) is 0 Å². The molecular formula is C12H18O12S3Sb. The van der Waals surface area contributed by atoms with Crippen molar-refractivity contribution in [3.63, 3.8) is 0 Å². The molecule has 0 aromatic carbocycles. The van der Waals surface area contributed by atoms with E-state index < -0.39 is 70.8 Å². The van der Waals surface area contributed by atoms with Gasteiger partial charge in [0, 0.05) is 24.4 Å². The van der Waals surface area contributed by atoms with Crippen molar-refractivity contribution in [3.05, 3.63) is 0 Å². The van der Waals surface area contributed by atoms with Crippen LogP contribution in [0.4, 0.5) is 0 Å². The SMILES string of the molecule is O=C(O)CC(S)C(=O)O.O=C(O)CC(S)C(=O)O.O=C(O)CC(S)C(=O)O.[Sb]. The van der Waals surface area contributed by atoms with Gasteiger partial charge in [-0.1, -0.05) is 0 Å². The average Bonchev–Trinajstić information content (AvgIpc) is 2.46. The fourth-order valence-corrected chi connectivity index (χ4v) is 1.23. The van der Waals surface area contributed by atoms with Crippen molar-refractivity contribution in [2.24, 2.45) is 0 Å². The Morgan fingerprint density at radius 1 is 0.500 bits per heavy atom. The first kappa shape index (κ1) is 34.2. The minimum absolute atomic E-state index is 0. The monoisotopic (exact) mass is 571 g/mol. The van der Waals surface area contributed by atoms with Crippen LogP contribution in [0.5, 0.6) is 0 Å². The van der Waals surface area contributed by atoms with Gasteiger partial charge in [0.05, 0.1) is 19.3 Å². The van der Waals surface area contributed by atoms with Crippen LogP contribution < -0.4 is 0 Å². The molecule has 16 heteroatoms. The van der Waals surface area contributed by atoms with Crippen molar-refractivity contribution >= 4 is 98.1 Å². The maximum Gasteiger partial charge on any atom is 0.316 e. The number of thiol groups is 3. The molecule has 3 radical (unpaired) electrons. The number of carboxylic acids is 6. The summed E-state index contributed by atoms with van der Waals surface area (Å²) in [7, 11) is 0. The number of carboxylic acid groups (broad SMARTS) is 6. The summed E-state index contributed by atoms with van der Waals surface area (Å²) in [6.07, 6.45) is -1.34. The average molecular weight is 572 g/mol. The Balaban J connectivity index is -0.000000152. The van der Waals surface area contributed by atoms with Gasteiger partial charge >= 0.3 is 35.8 Å². The van der Waals surface area contributed by atoms with Crippen LogP contribution in [-0.2, 0) is 28.8 Å². The number of rotatable bonds is 9. The van der Waals surface area contributed by atoms with E-state index in [1.807, 2.05) is 0 Å². The molecule has 0 saturated carbocycles. The third kappa shape index (κ3) is 26.9. The molecule has 0 heterocycles. The summed E-state index contributed by atoms with van der Waals surface area (Å²) in [5.41, 5.74) is 0. The van der Waals surface area contributed by atoms with E-state index in [1.165, 1.54) is 0 Å². The number of hydrogen-bond donors (Lipinski definition) is 9. The third-order valence-electron chi connectivity index (χ3n) is 1.96. The molecule has 0 aliphatic carbocycles. The van der Waals surface area contributed by atoms with Gasteiger partial charge in [-0.25, -0.2) is 0 Å². The van der Waals surface area contributed by atoms with Gasteiger partial charge in [0.1, 0.15) is 15.7 Å². The molecule has 0 fully saturated rings. The molecule has 0 aromatic rings. The molecular weight excluding hydrogens is 554 g/mol. The minimum atomic E-state index is -1.21. The van der Waals surface area contributed by atoms with E-state index in [9.17, 15) is 28.8 Å². The van der Waals surface area contributed by atoms with E-state index in [0.717, 1.165) is 0 Å². The Kier molecular flexibility index (Phi) is 23.2. The summed E-state index contributed by atoms with van der Waals surface area (Å²) >= 11 is 10.5. The predicted octanol–water partition coefficient (Wildman–Crippen LogP) is -0.848. The van der Waals surface area contributed by atoms with Crippen LogP contribution in [0.1, 0.15) is 19.3 Å². The molecule has 0 rings (SSSR count). The topological polar surface area (TPSA) is 224 Å². The Hall–Kier alpha value is -1.31. The van der Waals surface area contributed by atoms with E-state index in [4.69, 9.17) is 30.6 Å². The number of aliphatic carboxylic acids is 6. The van der Waals surface area contributed by atoms with Gasteiger partial charge in [-0.15, -0.1) is 0 Å². The van der Waals surface area contributed by atoms with Gasteiger partial charge in [-0.2, -0.15) is 37.9 Å². The van der Waals surface area contributed by atoms with Crippen LogP contribution in [0.2, 0.25) is 0 Å². The van der Waals surface area contributed by atoms with E-state index in [0.29, 0.717) is 0 Å². The summed E-state index contributed by atoms with van der Waals surface area (Å²) in [5.74, 6) is -7.09. The van der Waals surface area contributed by atoms with Gasteiger partial charge in [0.15, 0.2) is 0 Å². The van der Waals surface area contributed by atoms with Gasteiger partial charge < -0.3 is 30.6 Å². The molecule has 28 heavy (non-hydrogen) atoms. The summed E-state index contributed by atoms with van der Waals surface area (Å²) in [6, 6.07) is 0. The van der Waals surface area contributed by atoms with Crippen LogP contribution in [0.25, 0.3) is 0 Å². The van der Waals surface area contributed by atoms with Crippen LogP contribution in [0, 0.1) is 0 Å². The Labute approximate surface area is 192 Å². The summed E-state index contributed by atoms with van der Waals surface area (Å²) in [6.45, 7) is 0. The molecule has 0 aliphatic heterocycles. The second-order valence-electron chi connectivity index (χ2n) is 4.36. The quantitative estimate of drug-likeness (QED) is 0.122. The summed E-state index contributed by atoms with van der Waals surface area (Å²) < 4.78 is 0. The molecule has 0 aliphatic rings. The van der Waals surface area contributed by atoms with Gasteiger partial charge in [-0.05, 0) is 0 Å². The first-order valence-corrected chi connectivity index (χ1v) is 8.04. The zero-order valence-electron chi connectivity index (χ0n) is 13.8. The molecule has 0 saturated heterocycles. The Morgan fingerprint density at radius 2 is 0.643 bits per heavy atom. The molecule has 3 atom stereocenters. The standard InChI is InChI=1S/3C4H6O4S.Sb/c3*5-3(6)1-2(9)4(7)8;/h3*2,9H,1H2,(H,5,6)(H,7,8);. The molecule has 3 unspecified atom stereocenters. The van der Waals surface area contributed by atoms with Crippen LogP contribution in [0.15, 0.2) is 0 Å². The number of carbonyl (C=O) groups is 6. The van der Waals surface area contributed by atoms with E-state index >= 15 is 0 Å². The number of hydrogen-bond acceptors (Lipinski definition) is 9. The molecule has 0 bridgehead atoms. The maximum absolute atomic E-state index is 9.90. The molecule has 161 valence electrons. The third-order valence-corrected chi connectivity index (χ3v) is 3.17. The minimum Gasteiger partial charge on any atom is -0.481 e. The van der Waals surface area contributed by atoms with Crippen molar-refractivity contribution in [1.82, 2.24) is 0 Å². The van der Waals surface area contributed by atoms with Crippen LogP contribution >= 0.6 is 37.9 Å². The van der Waals surface area contributed by atoms with Crippen molar-refractivity contribution in [2.45, 2.75) is 35.0 Å². The largest absolute Gasteiger partial charge is 0.481 e. The van der Waals surface area contributed by atoms with Gasteiger partial charge in [-0.3, -0.25) is 28.8 Å². The molecule has 6 N–H and O–H groups in total.